The van der Waals surface area contributed by atoms with Gasteiger partial charge in [-0.25, -0.2) is 5.43 Å². The van der Waals surface area contributed by atoms with Crippen LogP contribution in [-0.4, -0.2) is 16.7 Å². The van der Waals surface area contributed by atoms with E-state index in [1.165, 1.54) is 11.1 Å². The quantitative estimate of drug-likeness (QED) is 0.312. The summed E-state index contributed by atoms with van der Waals surface area (Å²) in [4.78, 5) is 12.3. The van der Waals surface area contributed by atoms with Crippen LogP contribution in [0.15, 0.2) is 78.0 Å². The predicted molar refractivity (Wildman–Crippen MR) is 128 cm³/mol. The van der Waals surface area contributed by atoms with Crippen molar-refractivity contribution in [3.05, 3.63) is 106 Å². The van der Waals surface area contributed by atoms with Gasteiger partial charge in [0.25, 0.3) is 0 Å². The van der Waals surface area contributed by atoms with Crippen LogP contribution in [0, 0.1) is 13.8 Å². The maximum Gasteiger partial charge on any atom is 0.244 e. The van der Waals surface area contributed by atoms with Gasteiger partial charge in [0, 0.05) is 34.2 Å². The lowest BCUT2D eigenvalue weighted by molar-refractivity contribution is -0.120. The zero-order chi connectivity index (χ0) is 21.8. The molecule has 4 rings (SSSR count). The first-order valence-corrected chi connectivity index (χ1v) is 10.6. The Bertz CT molecular complexity index is 1270. The van der Waals surface area contributed by atoms with E-state index >= 15 is 0 Å². The smallest absolute Gasteiger partial charge is 0.244 e. The molecule has 0 unspecified atom stereocenters. The Kier molecular flexibility index (Phi) is 6.19. The minimum Gasteiger partial charge on any atom is -0.342 e. The molecular formula is C26H24ClN3O. The lowest BCUT2D eigenvalue weighted by atomic mass is 10.0. The third-order valence-corrected chi connectivity index (χ3v) is 5.82. The molecule has 0 saturated heterocycles. The minimum absolute atomic E-state index is 0.140. The number of para-hydroxylation sites is 1. The van der Waals surface area contributed by atoms with E-state index in [4.69, 9.17) is 11.6 Å². The van der Waals surface area contributed by atoms with Crippen LogP contribution in [0.5, 0.6) is 0 Å². The van der Waals surface area contributed by atoms with Crippen LogP contribution in [0.4, 0.5) is 0 Å². The molecule has 4 aromatic rings. The second-order valence-electron chi connectivity index (χ2n) is 7.71. The third kappa shape index (κ3) is 4.86. The van der Waals surface area contributed by atoms with Gasteiger partial charge in [0.1, 0.15) is 0 Å². The highest BCUT2D eigenvalue weighted by molar-refractivity contribution is 6.31. The molecular weight excluding hydrogens is 406 g/mol. The minimum atomic E-state index is -0.140. The van der Waals surface area contributed by atoms with E-state index in [2.05, 4.69) is 34.2 Å². The molecule has 0 spiro atoms. The number of carbonyl (C=O) groups is 1. The standard InChI is InChI=1S/C26H24ClN3O/c1-18-11-12-20(13-19(18)2)14-26(31)29-28-15-22-17-30(25-10-6-4-8-23(22)25)16-21-7-3-5-9-24(21)27/h3-13,15,17H,14,16H2,1-2H3,(H,29,31)/b28-15-. The first kappa shape index (κ1) is 20.9. The van der Waals surface area contributed by atoms with Gasteiger partial charge >= 0.3 is 0 Å². The maximum atomic E-state index is 12.3. The van der Waals surface area contributed by atoms with Gasteiger partial charge in [0.15, 0.2) is 0 Å². The molecule has 0 atom stereocenters. The number of hydrazone groups is 1. The summed E-state index contributed by atoms with van der Waals surface area (Å²) in [5, 5.41) is 6.02. The highest BCUT2D eigenvalue weighted by Gasteiger charge is 2.09. The number of amides is 1. The average molecular weight is 430 g/mol. The topological polar surface area (TPSA) is 46.4 Å². The Labute approximate surface area is 187 Å². The van der Waals surface area contributed by atoms with Crippen LogP contribution >= 0.6 is 11.6 Å². The number of carbonyl (C=O) groups excluding carboxylic acids is 1. The third-order valence-electron chi connectivity index (χ3n) is 5.45. The van der Waals surface area contributed by atoms with Gasteiger partial charge in [0.05, 0.1) is 12.6 Å². The van der Waals surface area contributed by atoms with Crippen LogP contribution < -0.4 is 5.43 Å². The van der Waals surface area contributed by atoms with E-state index in [0.717, 1.165) is 32.6 Å². The van der Waals surface area contributed by atoms with Crippen LogP contribution in [0.2, 0.25) is 5.02 Å². The summed E-state index contributed by atoms with van der Waals surface area (Å²) in [7, 11) is 0. The number of hydrogen-bond donors (Lipinski definition) is 1. The van der Waals surface area contributed by atoms with Gasteiger partial charge in [-0.05, 0) is 48.2 Å². The molecule has 0 aliphatic carbocycles. The summed E-state index contributed by atoms with van der Waals surface area (Å²) in [6.07, 6.45) is 4.03. The largest absolute Gasteiger partial charge is 0.342 e. The molecule has 0 radical (unpaired) electrons. The zero-order valence-electron chi connectivity index (χ0n) is 17.6. The van der Waals surface area contributed by atoms with Crippen LogP contribution in [-0.2, 0) is 17.8 Å². The van der Waals surface area contributed by atoms with Crippen LogP contribution in [0.1, 0.15) is 27.8 Å². The highest BCUT2D eigenvalue weighted by atomic mass is 35.5. The first-order valence-electron chi connectivity index (χ1n) is 10.2. The summed E-state index contributed by atoms with van der Waals surface area (Å²) in [5.41, 5.74) is 9.10. The number of rotatable bonds is 6. The summed E-state index contributed by atoms with van der Waals surface area (Å²) in [6.45, 7) is 4.77. The molecule has 1 N–H and O–H groups in total. The highest BCUT2D eigenvalue weighted by Crippen LogP contribution is 2.23. The number of nitrogens with one attached hydrogen (secondary N) is 1. The van der Waals surface area contributed by atoms with Crippen molar-refractivity contribution in [2.24, 2.45) is 5.10 Å². The van der Waals surface area contributed by atoms with Crippen molar-refractivity contribution in [3.63, 3.8) is 0 Å². The average Bonchev–Trinajstić information content (AvgIpc) is 3.10. The zero-order valence-corrected chi connectivity index (χ0v) is 18.4. The number of aromatic nitrogens is 1. The van der Waals surface area contributed by atoms with E-state index in [1.54, 1.807) is 6.21 Å². The number of fused-ring (bicyclic) bond motifs is 1. The Balaban J connectivity index is 1.50. The summed E-state index contributed by atoms with van der Waals surface area (Å²) < 4.78 is 2.15. The molecule has 0 aliphatic rings. The van der Waals surface area contributed by atoms with E-state index < -0.39 is 0 Å². The van der Waals surface area contributed by atoms with Crippen molar-refractivity contribution in [2.45, 2.75) is 26.8 Å². The molecule has 0 aliphatic heterocycles. The van der Waals surface area contributed by atoms with Crippen molar-refractivity contribution in [2.75, 3.05) is 0 Å². The van der Waals surface area contributed by atoms with Gasteiger partial charge in [-0.1, -0.05) is 66.2 Å². The van der Waals surface area contributed by atoms with E-state index in [-0.39, 0.29) is 5.91 Å². The van der Waals surface area contributed by atoms with Gasteiger partial charge < -0.3 is 4.57 Å². The van der Waals surface area contributed by atoms with Gasteiger partial charge in [-0.2, -0.15) is 5.10 Å². The number of halogens is 1. The maximum absolute atomic E-state index is 12.3. The summed E-state index contributed by atoms with van der Waals surface area (Å²) in [5.74, 6) is -0.140. The monoisotopic (exact) mass is 429 g/mol. The van der Waals surface area contributed by atoms with Crippen molar-refractivity contribution >= 4 is 34.6 Å². The number of aryl methyl sites for hydroxylation is 2. The molecule has 1 amide bonds. The Hall–Kier alpha value is -3.37. The van der Waals surface area contributed by atoms with Crippen molar-refractivity contribution in [1.82, 2.24) is 9.99 Å². The van der Waals surface area contributed by atoms with Crippen molar-refractivity contribution in [3.8, 4) is 0 Å². The molecule has 1 heterocycles. The molecule has 1 aromatic heterocycles. The summed E-state index contributed by atoms with van der Waals surface area (Å²) in [6, 6.07) is 22.0. The fourth-order valence-corrected chi connectivity index (χ4v) is 3.83. The number of benzene rings is 3. The molecule has 5 heteroatoms. The van der Waals surface area contributed by atoms with Gasteiger partial charge in [-0.3, -0.25) is 4.79 Å². The normalized spacial score (nSPS) is 11.3. The van der Waals surface area contributed by atoms with Gasteiger partial charge in [-0.15, -0.1) is 0 Å². The number of hydrogen-bond acceptors (Lipinski definition) is 2. The molecule has 156 valence electrons. The lowest BCUT2D eigenvalue weighted by Gasteiger charge is -2.07. The second-order valence-corrected chi connectivity index (χ2v) is 8.12. The number of nitrogens with zero attached hydrogens (tertiary/aromatic N) is 2. The molecule has 4 nitrogen and oxygen atoms in total. The fraction of sp³-hybridized carbons (Fsp3) is 0.154. The Morgan fingerprint density at radius 1 is 1.03 bits per heavy atom. The van der Waals surface area contributed by atoms with Crippen LogP contribution in [0.25, 0.3) is 10.9 Å². The Morgan fingerprint density at radius 3 is 2.61 bits per heavy atom. The first-order chi connectivity index (χ1) is 15.0. The van der Waals surface area contributed by atoms with Gasteiger partial charge in [0.2, 0.25) is 5.91 Å². The molecule has 0 bridgehead atoms. The van der Waals surface area contributed by atoms with Crippen molar-refractivity contribution < 1.29 is 4.79 Å². The van der Waals surface area contributed by atoms with E-state index in [9.17, 15) is 4.79 Å². The Morgan fingerprint density at radius 2 is 1.81 bits per heavy atom. The summed E-state index contributed by atoms with van der Waals surface area (Å²) >= 11 is 6.35. The molecule has 3 aromatic carbocycles. The SMILES string of the molecule is Cc1ccc(CC(=O)N/N=C\c2cn(Cc3ccccc3Cl)c3ccccc23)cc1C. The predicted octanol–water partition coefficient (Wildman–Crippen LogP) is 5.65. The molecule has 31 heavy (non-hydrogen) atoms. The van der Waals surface area contributed by atoms with E-state index in [0.29, 0.717) is 13.0 Å². The van der Waals surface area contributed by atoms with Crippen LogP contribution in [0.3, 0.4) is 0 Å². The second kappa shape index (κ2) is 9.19. The van der Waals surface area contributed by atoms with Crippen molar-refractivity contribution in [1.29, 1.82) is 0 Å². The lowest BCUT2D eigenvalue weighted by Crippen LogP contribution is -2.19. The molecule has 0 fully saturated rings. The van der Waals surface area contributed by atoms with E-state index in [1.807, 2.05) is 67.7 Å². The fourth-order valence-electron chi connectivity index (χ4n) is 3.63. The molecule has 0 saturated carbocycles.